The zero-order valence-electron chi connectivity index (χ0n) is 9.88. The first-order chi connectivity index (χ1) is 8.85. The highest BCUT2D eigenvalue weighted by atomic mass is 79.9. The van der Waals surface area contributed by atoms with Crippen LogP contribution < -0.4 is 10.9 Å². The molecular formula is C12H11BrF2N2O2. The molecule has 1 spiro atoms. The van der Waals surface area contributed by atoms with Gasteiger partial charge in [-0.15, -0.1) is 0 Å². The van der Waals surface area contributed by atoms with Crippen molar-refractivity contribution >= 4 is 21.8 Å². The van der Waals surface area contributed by atoms with Gasteiger partial charge in [-0.2, -0.15) is 0 Å². The quantitative estimate of drug-likeness (QED) is 0.792. The van der Waals surface area contributed by atoms with E-state index in [4.69, 9.17) is 0 Å². The van der Waals surface area contributed by atoms with Crippen molar-refractivity contribution in [3.63, 3.8) is 0 Å². The molecule has 0 atom stereocenters. The Balaban J connectivity index is 2.12. The second-order valence-electron chi connectivity index (χ2n) is 5.05. The predicted octanol–water partition coefficient (Wildman–Crippen LogP) is 2.22. The number of alkyl halides is 2. The van der Waals surface area contributed by atoms with Crippen molar-refractivity contribution in [3.05, 3.63) is 32.7 Å². The van der Waals surface area contributed by atoms with E-state index < -0.39 is 11.6 Å². The molecule has 4 nitrogen and oxygen atoms in total. The number of fused-ring (bicyclic) bond motifs is 2. The van der Waals surface area contributed by atoms with E-state index in [1.807, 2.05) is 0 Å². The monoisotopic (exact) mass is 332 g/mol. The molecule has 1 aromatic heterocycles. The van der Waals surface area contributed by atoms with Gasteiger partial charge in [0.1, 0.15) is 11.4 Å². The number of nitrogens with one attached hydrogen (secondary N) is 1. The second-order valence-corrected chi connectivity index (χ2v) is 5.90. The van der Waals surface area contributed by atoms with Crippen LogP contribution in [0, 0.1) is 0 Å². The zero-order valence-corrected chi connectivity index (χ0v) is 11.5. The van der Waals surface area contributed by atoms with Gasteiger partial charge in [0.2, 0.25) is 5.92 Å². The lowest BCUT2D eigenvalue weighted by Crippen LogP contribution is -2.51. The van der Waals surface area contributed by atoms with E-state index in [0.717, 1.165) is 0 Å². The minimum absolute atomic E-state index is 0.0646. The Labute approximate surface area is 115 Å². The van der Waals surface area contributed by atoms with Crippen molar-refractivity contribution in [3.8, 4) is 0 Å². The minimum Gasteiger partial charge on any atom is -0.327 e. The molecule has 0 aromatic carbocycles. The fourth-order valence-electron chi connectivity index (χ4n) is 2.83. The Bertz CT molecular complexity index is 617. The molecule has 3 rings (SSSR count). The van der Waals surface area contributed by atoms with Crippen molar-refractivity contribution in [2.24, 2.45) is 0 Å². The topological polar surface area (TPSA) is 51.1 Å². The first kappa shape index (κ1) is 12.8. The molecule has 1 fully saturated rings. The van der Waals surface area contributed by atoms with Gasteiger partial charge in [0, 0.05) is 12.8 Å². The van der Waals surface area contributed by atoms with Crippen LogP contribution in [0.3, 0.4) is 0 Å². The number of hydrogen-bond donors (Lipinski definition) is 1. The van der Waals surface area contributed by atoms with Crippen molar-refractivity contribution in [1.29, 1.82) is 0 Å². The Morgan fingerprint density at radius 3 is 2.42 bits per heavy atom. The first-order valence-corrected chi connectivity index (χ1v) is 6.76. The molecule has 0 bridgehead atoms. The van der Waals surface area contributed by atoms with Gasteiger partial charge in [-0.05, 0) is 40.9 Å². The van der Waals surface area contributed by atoms with E-state index in [1.165, 1.54) is 16.7 Å². The number of rotatable bonds is 0. The number of aromatic nitrogens is 1. The maximum Gasteiger partial charge on any atom is 0.269 e. The number of carbonyl (C=O) groups is 1. The maximum absolute atomic E-state index is 13.3. The van der Waals surface area contributed by atoms with Crippen molar-refractivity contribution in [2.75, 3.05) is 0 Å². The Kier molecular flexibility index (Phi) is 2.61. The van der Waals surface area contributed by atoms with Crippen LogP contribution in [0.4, 0.5) is 8.78 Å². The van der Waals surface area contributed by atoms with Crippen LogP contribution in [-0.4, -0.2) is 16.4 Å². The van der Waals surface area contributed by atoms with Gasteiger partial charge < -0.3 is 5.32 Å². The Morgan fingerprint density at radius 2 is 1.79 bits per heavy atom. The first-order valence-electron chi connectivity index (χ1n) is 5.97. The number of carbonyl (C=O) groups excluding carboxylic acids is 1. The highest BCUT2D eigenvalue weighted by molar-refractivity contribution is 9.10. The summed E-state index contributed by atoms with van der Waals surface area (Å²) < 4.78 is 28.2. The van der Waals surface area contributed by atoms with Crippen molar-refractivity contribution in [1.82, 2.24) is 9.88 Å². The van der Waals surface area contributed by atoms with Crippen LogP contribution >= 0.6 is 15.9 Å². The standard InChI is InChI=1S/C12H11BrF2N2O2/c13-7-1-2-8-9(18)16-12(17(8)10(7)19)5-3-11(14,15)4-6-12/h1-2H,3-6H2,(H,16,18). The van der Waals surface area contributed by atoms with Gasteiger partial charge >= 0.3 is 0 Å². The van der Waals surface area contributed by atoms with Crippen LogP contribution in [0.2, 0.25) is 0 Å². The van der Waals surface area contributed by atoms with Gasteiger partial charge in [0.25, 0.3) is 11.5 Å². The minimum atomic E-state index is -2.71. The maximum atomic E-state index is 13.3. The van der Waals surface area contributed by atoms with Gasteiger partial charge in [-0.25, -0.2) is 8.78 Å². The molecule has 2 heterocycles. The molecule has 0 radical (unpaired) electrons. The fourth-order valence-corrected chi connectivity index (χ4v) is 3.14. The summed E-state index contributed by atoms with van der Waals surface area (Å²) >= 11 is 3.12. The van der Waals surface area contributed by atoms with Gasteiger partial charge in [-0.3, -0.25) is 14.2 Å². The second kappa shape index (κ2) is 3.88. The molecule has 102 valence electrons. The summed E-state index contributed by atoms with van der Waals surface area (Å²) in [6.45, 7) is 0. The third-order valence-electron chi connectivity index (χ3n) is 3.85. The number of pyridine rings is 1. The largest absolute Gasteiger partial charge is 0.327 e. The zero-order chi connectivity index (χ0) is 13.8. The van der Waals surface area contributed by atoms with Crippen molar-refractivity contribution in [2.45, 2.75) is 37.3 Å². The number of hydrogen-bond acceptors (Lipinski definition) is 2. The van der Waals surface area contributed by atoms with E-state index in [9.17, 15) is 18.4 Å². The number of nitrogens with zero attached hydrogens (tertiary/aromatic N) is 1. The van der Waals surface area contributed by atoms with Crippen LogP contribution in [0.15, 0.2) is 21.4 Å². The summed E-state index contributed by atoms with van der Waals surface area (Å²) in [6.07, 6.45) is -0.526. The predicted molar refractivity (Wildman–Crippen MR) is 67.3 cm³/mol. The molecule has 1 aliphatic carbocycles. The van der Waals surface area contributed by atoms with E-state index in [-0.39, 0.29) is 42.8 Å². The fraction of sp³-hybridized carbons (Fsp3) is 0.500. The molecule has 1 aliphatic heterocycles. The Morgan fingerprint density at radius 1 is 1.16 bits per heavy atom. The molecular weight excluding hydrogens is 322 g/mol. The lowest BCUT2D eigenvalue weighted by molar-refractivity contribution is -0.0668. The molecule has 0 unspecified atom stereocenters. The lowest BCUT2D eigenvalue weighted by atomic mass is 9.86. The average Bonchev–Trinajstić information content (AvgIpc) is 2.62. The van der Waals surface area contributed by atoms with Crippen LogP contribution in [0.25, 0.3) is 0 Å². The summed E-state index contributed by atoms with van der Waals surface area (Å²) in [5.41, 5.74) is -1.12. The molecule has 0 saturated heterocycles. The highest BCUT2D eigenvalue weighted by Gasteiger charge is 2.50. The van der Waals surface area contributed by atoms with Gasteiger partial charge in [0.15, 0.2) is 0 Å². The third-order valence-corrected chi connectivity index (χ3v) is 4.45. The highest BCUT2D eigenvalue weighted by Crippen LogP contribution is 2.42. The van der Waals surface area contributed by atoms with E-state index in [2.05, 4.69) is 21.2 Å². The molecule has 1 aromatic rings. The molecule has 1 N–H and O–H groups in total. The van der Waals surface area contributed by atoms with E-state index in [1.54, 1.807) is 0 Å². The van der Waals surface area contributed by atoms with E-state index in [0.29, 0.717) is 4.47 Å². The van der Waals surface area contributed by atoms with Gasteiger partial charge in [-0.1, -0.05) is 0 Å². The van der Waals surface area contributed by atoms with Crippen molar-refractivity contribution < 1.29 is 13.6 Å². The Hall–Kier alpha value is -1.24. The third kappa shape index (κ3) is 1.82. The normalized spacial score (nSPS) is 23.2. The SMILES string of the molecule is O=C1NC2(CCC(F)(F)CC2)n2c1ccc(Br)c2=O. The van der Waals surface area contributed by atoms with Crippen LogP contribution in [0.1, 0.15) is 36.2 Å². The average molecular weight is 333 g/mol. The summed E-state index contributed by atoms with van der Waals surface area (Å²) in [5, 5.41) is 2.71. The van der Waals surface area contributed by atoms with Crippen LogP contribution in [-0.2, 0) is 5.66 Å². The molecule has 19 heavy (non-hydrogen) atoms. The van der Waals surface area contributed by atoms with Crippen LogP contribution in [0.5, 0.6) is 0 Å². The summed E-state index contributed by atoms with van der Waals surface area (Å²) in [7, 11) is 0. The molecule has 1 saturated carbocycles. The lowest BCUT2D eigenvalue weighted by Gasteiger charge is -2.38. The number of halogens is 3. The molecule has 1 amide bonds. The molecule has 7 heteroatoms. The summed E-state index contributed by atoms with van der Waals surface area (Å²) in [4.78, 5) is 24.1. The molecule has 2 aliphatic rings. The van der Waals surface area contributed by atoms with Gasteiger partial charge in [0.05, 0.1) is 4.47 Å². The summed E-state index contributed by atoms with van der Waals surface area (Å²) in [6, 6.07) is 3.03. The smallest absolute Gasteiger partial charge is 0.269 e. The number of amides is 1. The summed E-state index contributed by atoms with van der Waals surface area (Å²) in [5.74, 6) is -3.09. The van der Waals surface area contributed by atoms with E-state index >= 15 is 0 Å².